The number of rotatable bonds is 4. The van der Waals surface area contributed by atoms with Crippen LogP contribution in [0.2, 0.25) is 0 Å². The van der Waals surface area contributed by atoms with Gasteiger partial charge < -0.3 is 14.6 Å². The molecule has 0 spiro atoms. The van der Waals surface area contributed by atoms with Gasteiger partial charge in [-0.2, -0.15) is 0 Å². The molecular formula is C13H12I3O4-. The molecule has 0 heterocycles. The first kappa shape index (κ1) is 18.4. The van der Waals surface area contributed by atoms with Crippen molar-refractivity contribution in [3.8, 4) is 0 Å². The molecule has 0 radical (unpaired) electrons. The number of carbonyl (C=O) groups excluding carboxylic acids is 2. The Bertz CT molecular complexity index is 524. The van der Waals surface area contributed by atoms with Crippen LogP contribution in [0.25, 0.3) is 0 Å². The Hall–Kier alpha value is 0.350. The van der Waals surface area contributed by atoms with E-state index in [1.165, 1.54) is 0 Å². The van der Waals surface area contributed by atoms with Gasteiger partial charge in [0.05, 0.1) is 5.97 Å². The summed E-state index contributed by atoms with van der Waals surface area (Å²) in [5.41, 5.74) is 0.279. The molecule has 0 fully saturated rings. The maximum Gasteiger partial charge on any atom is 0.333 e. The molecule has 1 aliphatic carbocycles. The maximum atomic E-state index is 11.7. The number of esters is 1. The highest BCUT2D eigenvalue weighted by Gasteiger charge is 2.47. The van der Waals surface area contributed by atoms with Gasteiger partial charge in [0, 0.05) is 18.7 Å². The number of ether oxygens (including phenoxy) is 1. The Balaban J connectivity index is 3.16. The molecule has 0 aliphatic heterocycles. The monoisotopic (exact) mass is 613 g/mol. The average molecular weight is 613 g/mol. The fourth-order valence-electron chi connectivity index (χ4n) is 1.74. The predicted octanol–water partition coefficient (Wildman–Crippen LogP) is 2.69. The Morgan fingerprint density at radius 1 is 1.50 bits per heavy atom. The predicted molar refractivity (Wildman–Crippen MR) is 99.8 cm³/mol. The third-order valence-electron chi connectivity index (χ3n) is 2.89. The molecule has 0 saturated carbocycles. The standard InChI is InChI=1S/C13H13I3O4/c1-6(2)12(19)20-7(3)13(16)9(11(17)18)4-8(14)5-10(13)15/h4-5,7,9H,1H2,2-3H3,(H,17,18)/p-1. The van der Waals surface area contributed by atoms with Gasteiger partial charge in [0.2, 0.25) is 0 Å². The van der Waals surface area contributed by atoms with Gasteiger partial charge in [-0.1, -0.05) is 35.2 Å². The normalized spacial score (nSPS) is 27.1. The summed E-state index contributed by atoms with van der Waals surface area (Å²) in [5, 5.41) is 11.4. The number of allylic oxidation sites excluding steroid dienone is 2. The largest absolute Gasteiger partial charge is 0.549 e. The van der Waals surface area contributed by atoms with Crippen molar-refractivity contribution in [1.29, 1.82) is 0 Å². The molecular weight excluding hydrogens is 601 g/mol. The molecule has 1 aliphatic rings. The molecule has 110 valence electrons. The van der Waals surface area contributed by atoms with E-state index in [0.717, 1.165) is 7.16 Å². The second-order valence-corrected chi connectivity index (χ2v) is 8.63. The molecule has 0 aromatic carbocycles. The number of alkyl halides is 1. The molecule has 4 nitrogen and oxygen atoms in total. The van der Waals surface area contributed by atoms with Gasteiger partial charge in [0.1, 0.15) is 9.53 Å². The lowest BCUT2D eigenvalue weighted by atomic mass is 9.84. The highest BCUT2D eigenvalue weighted by atomic mass is 127. The first-order valence-electron chi connectivity index (χ1n) is 5.62. The van der Waals surface area contributed by atoms with Crippen molar-refractivity contribution >= 4 is 79.7 Å². The topological polar surface area (TPSA) is 66.4 Å². The minimum absolute atomic E-state index is 0.279. The summed E-state index contributed by atoms with van der Waals surface area (Å²) >= 11 is 6.18. The lowest BCUT2D eigenvalue weighted by Gasteiger charge is -2.41. The summed E-state index contributed by atoms with van der Waals surface area (Å²) < 4.78 is 6.08. The van der Waals surface area contributed by atoms with Gasteiger partial charge in [-0.25, -0.2) is 4.79 Å². The van der Waals surface area contributed by atoms with Crippen molar-refractivity contribution in [2.45, 2.75) is 23.4 Å². The molecule has 0 amide bonds. The van der Waals surface area contributed by atoms with E-state index in [2.05, 4.69) is 51.8 Å². The summed E-state index contributed by atoms with van der Waals surface area (Å²) in [4.78, 5) is 23.1. The van der Waals surface area contributed by atoms with Crippen LogP contribution in [0, 0.1) is 5.92 Å². The Morgan fingerprint density at radius 2 is 2.05 bits per heavy atom. The van der Waals surface area contributed by atoms with E-state index in [9.17, 15) is 14.7 Å². The Kier molecular flexibility index (Phi) is 6.51. The molecule has 7 heteroatoms. The van der Waals surface area contributed by atoms with Crippen molar-refractivity contribution < 1.29 is 19.4 Å². The van der Waals surface area contributed by atoms with Crippen LogP contribution in [-0.4, -0.2) is 21.5 Å². The first-order valence-corrected chi connectivity index (χ1v) is 8.85. The van der Waals surface area contributed by atoms with Crippen LogP contribution in [0.3, 0.4) is 0 Å². The molecule has 0 saturated heterocycles. The molecule has 0 N–H and O–H groups in total. The lowest BCUT2D eigenvalue weighted by Crippen LogP contribution is -2.51. The highest BCUT2D eigenvalue weighted by Crippen LogP contribution is 2.48. The van der Waals surface area contributed by atoms with Crippen LogP contribution in [0.5, 0.6) is 0 Å². The zero-order valence-electron chi connectivity index (χ0n) is 10.8. The van der Waals surface area contributed by atoms with Crippen LogP contribution in [0.1, 0.15) is 13.8 Å². The number of hydrogen-bond acceptors (Lipinski definition) is 4. The summed E-state index contributed by atoms with van der Waals surface area (Å²) in [6.07, 6.45) is 2.87. The minimum Gasteiger partial charge on any atom is -0.549 e. The molecule has 1 rings (SSSR count). The number of aliphatic carboxylic acids is 1. The van der Waals surface area contributed by atoms with Crippen molar-refractivity contribution in [3.05, 3.63) is 31.5 Å². The summed E-state index contributed by atoms with van der Waals surface area (Å²) in [6.45, 7) is 6.76. The third kappa shape index (κ3) is 3.76. The number of carboxylic acid groups (broad SMARTS) is 1. The van der Waals surface area contributed by atoms with Crippen LogP contribution >= 0.6 is 67.8 Å². The number of carboxylic acids is 1. The van der Waals surface area contributed by atoms with Gasteiger partial charge in [-0.3, -0.25) is 0 Å². The van der Waals surface area contributed by atoms with Gasteiger partial charge in [0.25, 0.3) is 0 Å². The van der Waals surface area contributed by atoms with Gasteiger partial charge >= 0.3 is 5.97 Å². The van der Waals surface area contributed by atoms with Crippen LogP contribution in [0.4, 0.5) is 0 Å². The highest BCUT2D eigenvalue weighted by molar-refractivity contribution is 14.1. The van der Waals surface area contributed by atoms with Gasteiger partial charge in [0.15, 0.2) is 0 Å². The summed E-state index contributed by atoms with van der Waals surface area (Å²) in [7, 11) is 0. The molecule has 0 aromatic rings. The summed E-state index contributed by atoms with van der Waals surface area (Å²) in [6, 6.07) is 0. The quantitative estimate of drug-likeness (QED) is 0.212. The fraction of sp³-hybridized carbons (Fsp3) is 0.385. The maximum absolute atomic E-state index is 11.7. The van der Waals surface area contributed by atoms with Crippen molar-refractivity contribution in [2.24, 2.45) is 5.92 Å². The van der Waals surface area contributed by atoms with E-state index in [0.29, 0.717) is 0 Å². The van der Waals surface area contributed by atoms with Crippen molar-refractivity contribution in [3.63, 3.8) is 0 Å². The number of halogens is 3. The minimum atomic E-state index is -1.19. The van der Waals surface area contributed by atoms with Crippen LogP contribution < -0.4 is 5.11 Å². The summed E-state index contributed by atoms with van der Waals surface area (Å²) in [5.74, 6) is -2.58. The Labute approximate surface area is 158 Å². The van der Waals surface area contributed by atoms with E-state index in [-0.39, 0.29) is 5.57 Å². The van der Waals surface area contributed by atoms with Crippen LogP contribution in [-0.2, 0) is 14.3 Å². The molecule has 3 unspecified atom stereocenters. The van der Waals surface area contributed by atoms with E-state index < -0.39 is 27.4 Å². The van der Waals surface area contributed by atoms with Crippen molar-refractivity contribution in [1.82, 2.24) is 0 Å². The first-order chi connectivity index (χ1) is 9.10. The lowest BCUT2D eigenvalue weighted by molar-refractivity contribution is -0.310. The zero-order valence-corrected chi connectivity index (χ0v) is 17.3. The Morgan fingerprint density at radius 3 is 2.50 bits per heavy atom. The van der Waals surface area contributed by atoms with E-state index in [4.69, 9.17) is 4.74 Å². The number of carbonyl (C=O) groups is 2. The molecule has 3 atom stereocenters. The molecule has 0 aromatic heterocycles. The second-order valence-electron chi connectivity index (χ2n) is 4.44. The van der Waals surface area contributed by atoms with Gasteiger partial charge in [-0.15, -0.1) is 0 Å². The number of hydrogen-bond donors (Lipinski definition) is 0. The van der Waals surface area contributed by atoms with E-state index in [1.54, 1.807) is 19.9 Å². The second kappa shape index (κ2) is 7.07. The van der Waals surface area contributed by atoms with E-state index >= 15 is 0 Å². The van der Waals surface area contributed by atoms with Crippen molar-refractivity contribution in [2.75, 3.05) is 0 Å². The van der Waals surface area contributed by atoms with Crippen LogP contribution in [0.15, 0.2) is 31.5 Å². The smallest absolute Gasteiger partial charge is 0.333 e. The SMILES string of the molecule is C=C(C)C(=O)OC(C)C1(I)C(I)=CC(I)=CC1C(=O)[O-]. The average Bonchev–Trinajstić information content (AvgIpc) is 2.32. The fourth-order valence-corrected chi connectivity index (χ4v) is 4.84. The molecule has 20 heavy (non-hydrogen) atoms. The zero-order chi connectivity index (χ0) is 15.7. The molecule has 0 bridgehead atoms. The van der Waals surface area contributed by atoms with Gasteiger partial charge in [-0.05, 0) is 65.1 Å². The third-order valence-corrected chi connectivity index (χ3v) is 7.92. The van der Waals surface area contributed by atoms with E-state index in [1.807, 2.05) is 28.7 Å².